The fourth-order valence-corrected chi connectivity index (χ4v) is 3.38. The fourth-order valence-electron chi connectivity index (χ4n) is 3.38. The van der Waals surface area contributed by atoms with Crippen LogP contribution in [-0.4, -0.2) is 50.7 Å². The molecule has 5 nitrogen and oxygen atoms in total. The van der Waals surface area contributed by atoms with Crippen molar-refractivity contribution in [3.63, 3.8) is 0 Å². The van der Waals surface area contributed by atoms with Gasteiger partial charge in [0, 0.05) is 5.56 Å². The summed E-state index contributed by atoms with van der Waals surface area (Å²) in [5.41, 5.74) is -0.295. The van der Waals surface area contributed by atoms with E-state index in [-0.39, 0.29) is 18.1 Å². The number of nitrogens with one attached hydrogen (secondary N) is 1. The summed E-state index contributed by atoms with van der Waals surface area (Å²) < 4.78 is 50.1. The van der Waals surface area contributed by atoms with E-state index in [2.05, 4.69) is 0 Å². The van der Waals surface area contributed by atoms with Crippen LogP contribution in [0.3, 0.4) is 0 Å². The second-order valence-corrected chi connectivity index (χ2v) is 6.93. The van der Waals surface area contributed by atoms with E-state index in [0.29, 0.717) is 44.2 Å². The third kappa shape index (κ3) is 5.63. The SMILES string of the molecule is COc1ccc(OCC(=O)N2CC[NH+](Cc3ccccc3C(F)(F)F)CC2)cc1. The van der Waals surface area contributed by atoms with Gasteiger partial charge in [-0.05, 0) is 30.3 Å². The van der Waals surface area contributed by atoms with Crippen molar-refractivity contribution in [2.45, 2.75) is 12.7 Å². The third-order valence-electron chi connectivity index (χ3n) is 5.01. The summed E-state index contributed by atoms with van der Waals surface area (Å²) >= 11 is 0. The predicted molar refractivity (Wildman–Crippen MR) is 101 cm³/mol. The van der Waals surface area contributed by atoms with E-state index in [1.807, 2.05) is 0 Å². The summed E-state index contributed by atoms with van der Waals surface area (Å²) in [7, 11) is 1.57. The van der Waals surface area contributed by atoms with Crippen LogP contribution in [0.2, 0.25) is 0 Å². The molecule has 0 radical (unpaired) electrons. The maximum atomic E-state index is 13.2. The highest BCUT2D eigenvalue weighted by Gasteiger charge is 2.34. The van der Waals surface area contributed by atoms with E-state index < -0.39 is 11.7 Å². The number of methoxy groups -OCH3 is 1. The molecule has 0 bridgehead atoms. The van der Waals surface area contributed by atoms with Crippen molar-refractivity contribution < 1.29 is 32.3 Å². The molecule has 1 saturated heterocycles. The number of benzene rings is 2. The summed E-state index contributed by atoms with van der Waals surface area (Å²) in [5.74, 6) is 1.15. The number of piperazine rings is 1. The van der Waals surface area contributed by atoms with Crippen LogP contribution in [0, 0.1) is 0 Å². The molecule has 1 fully saturated rings. The van der Waals surface area contributed by atoms with Crippen LogP contribution in [-0.2, 0) is 17.5 Å². The first-order valence-electron chi connectivity index (χ1n) is 9.40. The summed E-state index contributed by atoms with van der Waals surface area (Å²) in [4.78, 5) is 15.1. The van der Waals surface area contributed by atoms with Crippen LogP contribution in [0.1, 0.15) is 11.1 Å². The van der Waals surface area contributed by atoms with Gasteiger partial charge in [0.25, 0.3) is 5.91 Å². The molecule has 0 aromatic heterocycles. The Morgan fingerprint density at radius 3 is 2.28 bits per heavy atom. The minimum atomic E-state index is -4.35. The molecule has 0 atom stereocenters. The van der Waals surface area contributed by atoms with Gasteiger partial charge in [-0.15, -0.1) is 0 Å². The number of carbonyl (C=O) groups is 1. The Labute approximate surface area is 167 Å². The molecule has 2 aromatic rings. The number of ether oxygens (including phenoxy) is 2. The molecule has 1 aliphatic heterocycles. The molecular formula is C21H24F3N2O3+. The Balaban J connectivity index is 1.48. The van der Waals surface area contributed by atoms with E-state index in [4.69, 9.17) is 9.47 Å². The van der Waals surface area contributed by atoms with E-state index in [0.717, 1.165) is 11.0 Å². The van der Waals surface area contributed by atoms with Crippen molar-refractivity contribution in [1.29, 1.82) is 0 Å². The second kappa shape index (κ2) is 9.17. The van der Waals surface area contributed by atoms with Gasteiger partial charge < -0.3 is 19.3 Å². The Hall–Kier alpha value is -2.74. The van der Waals surface area contributed by atoms with Gasteiger partial charge >= 0.3 is 6.18 Å². The average molecular weight is 409 g/mol. The second-order valence-electron chi connectivity index (χ2n) is 6.93. The summed E-state index contributed by atoms with van der Waals surface area (Å²) in [5, 5.41) is 0. The zero-order valence-corrected chi connectivity index (χ0v) is 16.2. The molecule has 29 heavy (non-hydrogen) atoms. The van der Waals surface area contributed by atoms with Gasteiger partial charge in [-0.3, -0.25) is 4.79 Å². The zero-order chi connectivity index (χ0) is 20.9. The quantitative estimate of drug-likeness (QED) is 0.794. The van der Waals surface area contributed by atoms with Crippen LogP contribution in [0.4, 0.5) is 13.2 Å². The van der Waals surface area contributed by atoms with Gasteiger partial charge in [-0.2, -0.15) is 13.2 Å². The number of alkyl halides is 3. The molecule has 0 saturated carbocycles. The summed E-state index contributed by atoms with van der Waals surface area (Å²) in [6.07, 6.45) is -4.35. The molecule has 156 valence electrons. The Kier molecular flexibility index (Phi) is 6.64. The number of hydrogen-bond acceptors (Lipinski definition) is 3. The first-order valence-corrected chi connectivity index (χ1v) is 9.40. The first kappa shape index (κ1) is 21.0. The molecule has 1 amide bonds. The number of hydrogen-bond donors (Lipinski definition) is 1. The van der Waals surface area contributed by atoms with Crippen LogP contribution in [0.5, 0.6) is 11.5 Å². The van der Waals surface area contributed by atoms with Gasteiger partial charge in [-0.25, -0.2) is 0 Å². The summed E-state index contributed by atoms with van der Waals surface area (Å²) in [6.45, 7) is 2.40. The minimum Gasteiger partial charge on any atom is -0.497 e. The van der Waals surface area contributed by atoms with Crippen molar-refractivity contribution in [2.75, 3.05) is 39.9 Å². The van der Waals surface area contributed by atoms with E-state index in [1.165, 1.54) is 12.1 Å². The third-order valence-corrected chi connectivity index (χ3v) is 5.01. The van der Waals surface area contributed by atoms with Gasteiger partial charge in [0.2, 0.25) is 0 Å². The zero-order valence-electron chi connectivity index (χ0n) is 16.2. The lowest BCUT2D eigenvalue weighted by Crippen LogP contribution is -3.13. The number of carbonyl (C=O) groups excluding carboxylic acids is 1. The van der Waals surface area contributed by atoms with Gasteiger partial charge in [0.1, 0.15) is 18.0 Å². The number of rotatable bonds is 6. The van der Waals surface area contributed by atoms with E-state index in [9.17, 15) is 18.0 Å². The van der Waals surface area contributed by atoms with E-state index in [1.54, 1.807) is 42.3 Å². The Morgan fingerprint density at radius 2 is 1.66 bits per heavy atom. The van der Waals surface area contributed by atoms with Crippen molar-refractivity contribution >= 4 is 5.91 Å². The standard InChI is InChI=1S/C21H23F3N2O3/c1-28-17-6-8-18(9-7-17)29-15-20(27)26-12-10-25(11-13-26)14-16-4-2-3-5-19(16)21(22,23)24/h2-9H,10-15H2,1H3/p+1. The van der Waals surface area contributed by atoms with Crippen molar-refractivity contribution in [3.8, 4) is 11.5 Å². The first-order chi connectivity index (χ1) is 13.9. The average Bonchev–Trinajstić information content (AvgIpc) is 2.72. The minimum absolute atomic E-state index is 0.0709. The molecule has 1 N–H and O–H groups in total. The maximum absolute atomic E-state index is 13.2. The largest absolute Gasteiger partial charge is 0.497 e. The van der Waals surface area contributed by atoms with Crippen LogP contribution >= 0.6 is 0 Å². The van der Waals surface area contributed by atoms with Crippen LogP contribution in [0.15, 0.2) is 48.5 Å². The maximum Gasteiger partial charge on any atom is 0.416 e. The smallest absolute Gasteiger partial charge is 0.416 e. The Morgan fingerprint density at radius 1 is 1.03 bits per heavy atom. The highest BCUT2D eigenvalue weighted by atomic mass is 19.4. The normalized spacial score (nSPS) is 15.2. The monoisotopic (exact) mass is 409 g/mol. The highest BCUT2D eigenvalue weighted by molar-refractivity contribution is 5.77. The highest BCUT2D eigenvalue weighted by Crippen LogP contribution is 2.31. The van der Waals surface area contributed by atoms with E-state index >= 15 is 0 Å². The van der Waals surface area contributed by atoms with Gasteiger partial charge in [-0.1, -0.05) is 18.2 Å². The lowest BCUT2D eigenvalue weighted by Gasteiger charge is -2.32. The summed E-state index contributed by atoms with van der Waals surface area (Å²) in [6, 6.07) is 12.6. The molecule has 0 spiro atoms. The molecule has 8 heteroatoms. The molecule has 2 aromatic carbocycles. The van der Waals surface area contributed by atoms with Gasteiger partial charge in [0.15, 0.2) is 6.61 Å². The van der Waals surface area contributed by atoms with Gasteiger partial charge in [0.05, 0.1) is 38.9 Å². The molecule has 3 rings (SSSR count). The molecule has 0 unspecified atom stereocenters. The molecular weight excluding hydrogens is 385 g/mol. The number of halogens is 3. The lowest BCUT2D eigenvalue weighted by atomic mass is 10.1. The number of amides is 1. The fraction of sp³-hybridized carbons (Fsp3) is 0.381. The predicted octanol–water partition coefficient (Wildman–Crippen LogP) is 2.02. The van der Waals surface area contributed by atoms with Crippen molar-refractivity contribution in [1.82, 2.24) is 4.90 Å². The van der Waals surface area contributed by atoms with Crippen LogP contribution < -0.4 is 14.4 Å². The lowest BCUT2D eigenvalue weighted by molar-refractivity contribution is -0.917. The van der Waals surface area contributed by atoms with Crippen molar-refractivity contribution in [2.24, 2.45) is 0 Å². The van der Waals surface area contributed by atoms with Crippen molar-refractivity contribution in [3.05, 3.63) is 59.7 Å². The molecule has 1 heterocycles. The molecule has 0 aliphatic carbocycles. The molecule has 1 aliphatic rings. The van der Waals surface area contributed by atoms with Crippen LogP contribution in [0.25, 0.3) is 0 Å². The Bertz CT molecular complexity index is 817. The number of nitrogens with zero attached hydrogens (tertiary/aromatic N) is 1. The topological polar surface area (TPSA) is 43.2 Å². The number of quaternary nitrogens is 1.